The summed E-state index contributed by atoms with van der Waals surface area (Å²) in [5, 5.41) is 13.1. The topological polar surface area (TPSA) is 44.7 Å². The molecular weight excluding hydrogens is 252 g/mol. The minimum Gasteiger partial charge on any atom is -0.394 e. The summed E-state index contributed by atoms with van der Waals surface area (Å²) in [6, 6.07) is 0.610. The molecule has 0 aromatic heterocycles. The van der Waals surface area contributed by atoms with E-state index in [0.717, 1.165) is 39.1 Å². The SMILES string of the molecule is CCCNC(C)(CO)CCN(CCOC)C(CC)CC. The van der Waals surface area contributed by atoms with Crippen molar-refractivity contribution in [3.63, 3.8) is 0 Å². The number of methoxy groups -OCH3 is 1. The predicted octanol–water partition coefficient (Wildman–Crippen LogP) is 2.26. The first-order chi connectivity index (χ1) is 9.56. The molecule has 0 saturated heterocycles. The molecule has 0 bridgehead atoms. The van der Waals surface area contributed by atoms with E-state index >= 15 is 0 Å². The first kappa shape index (κ1) is 19.8. The molecule has 1 atom stereocenters. The van der Waals surface area contributed by atoms with Gasteiger partial charge >= 0.3 is 0 Å². The molecule has 0 heterocycles. The van der Waals surface area contributed by atoms with Crippen LogP contribution in [0.15, 0.2) is 0 Å². The van der Waals surface area contributed by atoms with Gasteiger partial charge in [-0.25, -0.2) is 0 Å². The number of aliphatic hydroxyl groups is 1. The monoisotopic (exact) mass is 288 g/mol. The van der Waals surface area contributed by atoms with E-state index in [4.69, 9.17) is 4.74 Å². The minimum atomic E-state index is -0.173. The summed E-state index contributed by atoms with van der Waals surface area (Å²) in [5.74, 6) is 0. The number of aliphatic hydroxyl groups excluding tert-OH is 1. The van der Waals surface area contributed by atoms with E-state index in [-0.39, 0.29) is 12.1 Å². The summed E-state index contributed by atoms with van der Waals surface area (Å²) < 4.78 is 5.23. The minimum absolute atomic E-state index is 0.173. The summed E-state index contributed by atoms with van der Waals surface area (Å²) in [4.78, 5) is 2.50. The van der Waals surface area contributed by atoms with Crippen molar-refractivity contribution in [2.45, 2.75) is 65.0 Å². The van der Waals surface area contributed by atoms with Gasteiger partial charge in [-0.3, -0.25) is 4.90 Å². The highest BCUT2D eigenvalue weighted by Crippen LogP contribution is 2.14. The molecule has 0 rings (SSSR count). The second-order valence-electron chi connectivity index (χ2n) is 5.89. The number of rotatable bonds is 13. The molecule has 0 amide bonds. The van der Waals surface area contributed by atoms with E-state index in [0.29, 0.717) is 6.04 Å². The van der Waals surface area contributed by atoms with E-state index in [2.05, 4.69) is 37.9 Å². The number of nitrogens with zero attached hydrogens (tertiary/aromatic N) is 1. The molecule has 0 fully saturated rings. The van der Waals surface area contributed by atoms with Crippen molar-refractivity contribution < 1.29 is 9.84 Å². The lowest BCUT2D eigenvalue weighted by Gasteiger charge is -2.35. The molecule has 2 N–H and O–H groups in total. The van der Waals surface area contributed by atoms with Crippen molar-refractivity contribution >= 4 is 0 Å². The van der Waals surface area contributed by atoms with Gasteiger partial charge in [-0.1, -0.05) is 20.8 Å². The fraction of sp³-hybridized carbons (Fsp3) is 1.00. The van der Waals surface area contributed by atoms with Gasteiger partial charge in [-0.2, -0.15) is 0 Å². The Labute approximate surface area is 125 Å². The van der Waals surface area contributed by atoms with Crippen LogP contribution in [0.4, 0.5) is 0 Å². The number of hydrogen-bond acceptors (Lipinski definition) is 4. The van der Waals surface area contributed by atoms with Crippen molar-refractivity contribution in [2.24, 2.45) is 0 Å². The van der Waals surface area contributed by atoms with Crippen LogP contribution in [0.3, 0.4) is 0 Å². The van der Waals surface area contributed by atoms with Crippen LogP contribution in [0.5, 0.6) is 0 Å². The van der Waals surface area contributed by atoms with Crippen LogP contribution >= 0.6 is 0 Å². The van der Waals surface area contributed by atoms with Gasteiger partial charge in [0.25, 0.3) is 0 Å². The number of hydrogen-bond donors (Lipinski definition) is 2. The van der Waals surface area contributed by atoms with Crippen LogP contribution in [0.1, 0.15) is 53.4 Å². The Hall–Kier alpha value is -0.160. The van der Waals surface area contributed by atoms with Gasteiger partial charge in [0.1, 0.15) is 0 Å². The summed E-state index contributed by atoms with van der Waals surface area (Å²) in [5.41, 5.74) is -0.173. The van der Waals surface area contributed by atoms with E-state index in [9.17, 15) is 5.11 Å². The fourth-order valence-electron chi connectivity index (χ4n) is 2.53. The summed E-state index contributed by atoms with van der Waals surface area (Å²) in [6.07, 6.45) is 4.39. The third-order valence-corrected chi connectivity index (χ3v) is 4.14. The van der Waals surface area contributed by atoms with Gasteiger partial charge in [0.05, 0.1) is 13.2 Å². The van der Waals surface area contributed by atoms with Gasteiger partial charge < -0.3 is 15.2 Å². The largest absolute Gasteiger partial charge is 0.394 e. The predicted molar refractivity (Wildman–Crippen MR) is 86.2 cm³/mol. The van der Waals surface area contributed by atoms with Crippen LogP contribution in [0.25, 0.3) is 0 Å². The molecule has 4 nitrogen and oxygen atoms in total. The maximum Gasteiger partial charge on any atom is 0.0611 e. The molecule has 0 aliphatic carbocycles. The molecule has 0 aromatic rings. The molecule has 122 valence electrons. The quantitative estimate of drug-likeness (QED) is 0.546. The molecular formula is C16H36N2O2. The molecule has 1 unspecified atom stereocenters. The smallest absolute Gasteiger partial charge is 0.0611 e. The highest BCUT2D eigenvalue weighted by atomic mass is 16.5. The molecule has 0 aromatic carbocycles. The zero-order valence-corrected chi connectivity index (χ0v) is 14.2. The van der Waals surface area contributed by atoms with Gasteiger partial charge in [-0.15, -0.1) is 0 Å². The Kier molecular flexibility index (Phi) is 11.4. The van der Waals surface area contributed by atoms with Crippen LogP contribution < -0.4 is 5.32 Å². The lowest BCUT2D eigenvalue weighted by Crippen LogP contribution is -2.49. The second-order valence-corrected chi connectivity index (χ2v) is 5.89. The average molecular weight is 288 g/mol. The van der Waals surface area contributed by atoms with Crippen LogP contribution in [0.2, 0.25) is 0 Å². The van der Waals surface area contributed by atoms with Crippen molar-refractivity contribution in [2.75, 3.05) is 40.0 Å². The Morgan fingerprint density at radius 2 is 1.85 bits per heavy atom. The molecule has 20 heavy (non-hydrogen) atoms. The molecule has 0 aliphatic rings. The van der Waals surface area contributed by atoms with E-state index in [1.807, 2.05) is 0 Å². The lowest BCUT2D eigenvalue weighted by molar-refractivity contribution is 0.0937. The summed E-state index contributed by atoms with van der Waals surface area (Å²) in [7, 11) is 1.76. The van der Waals surface area contributed by atoms with Gasteiger partial charge in [0.2, 0.25) is 0 Å². The van der Waals surface area contributed by atoms with Gasteiger partial charge in [0, 0.05) is 31.8 Å². The number of nitrogens with one attached hydrogen (secondary N) is 1. The van der Waals surface area contributed by atoms with E-state index < -0.39 is 0 Å². The van der Waals surface area contributed by atoms with Gasteiger partial charge in [0.15, 0.2) is 0 Å². The fourth-order valence-corrected chi connectivity index (χ4v) is 2.53. The Morgan fingerprint density at radius 3 is 2.30 bits per heavy atom. The zero-order valence-electron chi connectivity index (χ0n) is 14.2. The maximum absolute atomic E-state index is 9.65. The van der Waals surface area contributed by atoms with E-state index in [1.54, 1.807) is 7.11 Å². The third-order valence-electron chi connectivity index (χ3n) is 4.14. The number of ether oxygens (including phenoxy) is 1. The molecule has 0 radical (unpaired) electrons. The second kappa shape index (κ2) is 11.5. The molecule has 0 aliphatic heterocycles. The Balaban J connectivity index is 4.46. The van der Waals surface area contributed by atoms with E-state index in [1.165, 1.54) is 12.8 Å². The zero-order chi connectivity index (χ0) is 15.4. The van der Waals surface area contributed by atoms with Gasteiger partial charge in [-0.05, 0) is 39.2 Å². The van der Waals surface area contributed by atoms with Crippen molar-refractivity contribution in [1.82, 2.24) is 10.2 Å². The highest BCUT2D eigenvalue weighted by molar-refractivity contribution is 4.84. The van der Waals surface area contributed by atoms with Crippen molar-refractivity contribution in [3.05, 3.63) is 0 Å². The van der Waals surface area contributed by atoms with Crippen molar-refractivity contribution in [1.29, 1.82) is 0 Å². The van der Waals surface area contributed by atoms with Crippen LogP contribution in [-0.2, 0) is 4.74 Å². The molecule has 0 spiro atoms. The first-order valence-electron chi connectivity index (χ1n) is 8.15. The van der Waals surface area contributed by atoms with Crippen LogP contribution in [-0.4, -0.2) is 61.5 Å². The molecule has 4 heteroatoms. The third kappa shape index (κ3) is 7.58. The summed E-state index contributed by atoms with van der Waals surface area (Å²) >= 11 is 0. The Morgan fingerprint density at radius 1 is 1.20 bits per heavy atom. The van der Waals surface area contributed by atoms with Crippen molar-refractivity contribution in [3.8, 4) is 0 Å². The standard InChI is InChI=1S/C16H36N2O2/c1-6-10-17-16(4,14-19)9-11-18(12-13-20-5)15(7-2)8-3/h15,17,19H,6-14H2,1-5H3. The normalized spacial score (nSPS) is 15.0. The Bertz CT molecular complexity index is 223. The molecule has 0 saturated carbocycles. The maximum atomic E-state index is 9.65. The van der Waals surface area contributed by atoms with Crippen LogP contribution in [0, 0.1) is 0 Å². The average Bonchev–Trinajstić information content (AvgIpc) is 2.48. The lowest BCUT2D eigenvalue weighted by atomic mass is 9.97. The summed E-state index contributed by atoms with van der Waals surface area (Å²) in [6.45, 7) is 12.7. The first-order valence-corrected chi connectivity index (χ1v) is 8.15. The highest BCUT2D eigenvalue weighted by Gasteiger charge is 2.24.